The Morgan fingerprint density at radius 2 is 0.860 bits per heavy atom. The molecule has 0 bridgehead atoms. The topological polar surface area (TPSA) is 3.24 Å². The van der Waals surface area contributed by atoms with Gasteiger partial charge in [-0.05, 0) is 103 Å². The normalized spacial score (nSPS) is 12.9. The number of benzene rings is 9. The number of rotatable bonds is 6. The van der Waals surface area contributed by atoms with E-state index in [-0.39, 0.29) is 5.41 Å². The van der Waals surface area contributed by atoms with Gasteiger partial charge in [0, 0.05) is 48.0 Å². The number of hydrogen-bond donors (Lipinski definition) is 0. The molecule has 0 atom stereocenters. The van der Waals surface area contributed by atoms with Crippen LogP contribution in [-0.4, -0.2) is 0 Å². The van der Waals surface area contributed by atoms with Gasteiger partial charge in [0.05, 0.1) is 0 Å². The fourth-order valence-corrected chi connectivity index (χ4v) is 10.4. The first-order valence-corrected chi connectivity index (χ1v) is 20.6. The monoisotopic (exact) mass is 745 g/mol. The summed E-state index contributed by atoms with van der Waals surface area (Å²) in [5.41, 5.74) is 16.0. The zero-order chi connectivity index (χ0) is 38.1. The summed E-state index contributed by atoms with van der Waals surface area (Å²) in [7, 11) is 0. The summed E-state index contributed by atoms with van der Waals surface area (Å²) in [5.74, 6) is 0. The van der Waals surface area contributed by atoms with Crippen LogP contribution in [0.3, 0.4) is 0 Å². The molecule has 1 nitrogen and oxygen atoms in total. The molecule has 0 spiro atoms. The third kappa shape index (κ3) is 5.51. The smallest absolute Gasteiger partial charge is 0.0465 e. The average Bonchev–Trinajstić information content (AvgIpc) is 3.77. The maximum atomic E-state index is 2.42. The Balaban J connectivity index is 0.993. The Bertz CT molecular complexity index is 3120. The Labute approximate surface area is 337 Å². The first-order chi connectivity index (χ1) is 28.0. The molecule has 1 heterocycles. The predicted octanol–water partition coefficient (Wildman–Crippen LogP) is 16.0. The molecule has 0 saturated carbocycles. The molecule has 1 aromatic heterocycles. The van der Waals surface area contributed by atoms with E-state index in [2.05, 4.69) is 219 Å². The van der Waals surface area contributed by atoms with Gasteiger partial charge >= 0.3 is 0 Å². The molecule has 1 aliphatic rings. The van der Waals surface area contributed by atoms with Gasteiger partial charge in [0.1, 0.15) is 0 Å². The summed E-state index contributed by atoms with van der Waals surface area (Å²) >= 11 is 1.89. The van der Waals surface area contributed by atoms with Crippen molar-refractivity contribution in [1.82, 2.24) is 0 Å². The fraction of sp³-hybridized carbons (Fsp3) is 0.0545. The van der Waals surface area contributed by atoms with E-state index in [0.29, 0.717) is 0 Å². The molecule has 9 aromatic carbocycles. The summed E-state index contributed by atoms with van der Waals surface area (Å²) in [6.07, 6.45) is 0. The van der Waals surface area contributed by atoms with Crippen molar-refractivity contribution in [2.24, 2.45) is 0 Å². The van der Waals surface area contributed by atoms with Crippen molar-refractivity contribution < 1.29 is 0 Å². The molecule has 0 unspecified atom stereocenters. The minimum absolute atomic E-state index is 0.0958. The molecule has 0 N–H and O–H groups in total. The quantitative estimate of drug-likeness (QED) is 0.164. The van der Waals surface area contributed by atoms with E-state index >= 15 is 0 Å². The minimum Gasteiger partial charge on any atom is -0.310 e. The number of hydrogen-bond acceptors (Lipinski definition) is 2. The summed E-state index contributed by atoms with van der Waals surface area (Å²) in [6.45, 7) is 4.71. The van der Waals surface area contributed by atoms with Gasteiger partial charge in [0.25, 0.3) is 0 Å². The SMILES string of the molecule is CC1(C)c2ccccc2-c2ccc(N(c3ccc(-c4ccc(-c5ccccc5)cc4)cc3)c3ccc(-c4cccc5c4ccc4c6ccccc6sc54)cc3)cc21. The van der Waals surface area contributed by atoms with Crippen LogP contribution in [0.4, 0.5) is 17.1 Å². The Morgan fingerprint density at radius 3 is 1.60 bits per heavy atom. The van der Waals surface area contributed by atoms with Crippen LogP contribution in [0.5, 0.6) is 0 Å². The van der Waals surface area contributed by atoms with E-state index in [1.165, 1.54) is 86.6 Å². The van der Waals surface area contributed by atoms with Crippen LogP contribution in [-0.2, 0) is 5.41 Å². The van der Waals surface area contributed by atoms with Crippen molar-refractivity contribution in [3.05, 3.63) is 211 Å². The molecule has 11 rings (SSSR count). The Morgan fingerprint density at radius 1 is 0.351 bits per heavy atom. The molecule has 0 saturated heterocycles. The number of anilines is 3. The van der Waals surface area contributed by atoms with Gasteiger partial charge in [-0.25, -0.2) is 0 Å². The molecule has 2 heteroatoms. The maximum Gasteiger partial charge on any atom is 0.0465 e. The Kier molecular flexibility index (Phi) is 7.77. The van der Waals surface area contributed by atoms with Crippen molar-refractivity contribution >= 4 is 59.3 Å². The molecule has 10 aromatic rings. The van der Waals surface area contributed by atoms with Crippen LogP contribution in [0, 0.1) is 0 Å². The molecule has 0 radical (unpaired) electrons. The largest absolute Gasteiger partial charge is 0.310 e. The second-order valence-corrected chi connectivity index (χ2v) is 16.8. The van der Waals surface area contributed by atoms with Gasteiger partial charge in [-0.15, -0.1) is 11.3 Å². The molecular formula is C55H39NS. The van der Waals surface area contributed by atoms with Gasteiger partial charge in [0.15, 0.2) is 0 Å². The first-order valence-electron chi connectivity index (χ1n) is 19.8. The van der Waals surface area contributed by atoms with Gasteiger partial charge < -0.3 is 4.90 Å². The molecule has 1 aliphatic carbocycles. The van der Waals surface area contributed by atoms with Crippen molar-refractivity contribution in [2.45, 2.75) is 19.3 Å². The van der Waals surface area contributed by atoms with Crippen LogP contribution >= 0.6 is 11.3 Å². The first kappa shape index (κ1) is 33.6. The highest BCUT2D eigenvalue weighted by atomic mass is 32.1. The zero-order valence-corrected chi connectivity index (χ0v) is 32.7. The van der Waals surface area contributed by atoms with Gasteiger partial charge in [-0.1, -0.05) is 172 Å². The van der Waals surface area contributed by atoms with Gasteiger partial charge in [-0.2, -0.15) is 0 Å². The maximum absolute atomic E-state index is 2.42. The van der Waals surface area contributed by atoms with Crippen molar-refractivity contribution in [3.8, 4) is 44.5 Å². The molecule has 0 aliphatic heterocycles. The van der Waals surface area contributed by atoms with Gasteiger partial charge in [-0.3, -0.25) is 0 Å². The fourth-order valence-electron chi connectivity index (χ4n) is 9.15. The lowest BCUT2D eigenvalue weighted by atomic mass is 9.82. The molecule has 270 valence electrons. The predicted molar refractivity (Wildman–Crippen MR) is 245 cm³/mol. The van der Waals surface area contributed by atoms with E-state index < -0.39 is 0 Å². The third-order valence-corrected chi connectivity index (χ3v) is 13.3. The van der Waals surface area contributed by atoms with E-state index in [0.717, 1.165) is 17.1 Å². The zero-order valence-electron chi connectivity index (χ0n) is 31.9. The summed E-state index contributed by atoms with van der Waals surface area (Å²) in [6, 6.07) is 73.7. The third-order valence-electron chi connectivity index (χ3n) is 12.1. The van der Waals surface area contributed by atoms with E-state index in [1.54, 1.807) is 0 Å². The highest BCUT2D eigenvalue weighted by Crippen LogP contribution is 2.51. The van der Waals surface area contributed by atoms with E-state index in [1.807, 2.05) is 11.3 Å². The second-order valence-electron chi connectivity index (χ2n) is 15.7. The van der Waals surface area contributed by atoms with Crippen LogP contribution in [0.25, 0.3) is 75.5 Å². The molecular weight excluding hydrogens is 707 g/mol. The highest BCUT2D eigenvalue weighted by Gasteiger charge is 2.35. The number of nitrogens with zero attached hydrogens (tertiary/aromatic N) is 1. The summed E-state index contributed by atoms with van der Waals surface area (Å²) in [4.78, 5) is 2.41. The lowest BCUT2D eigenvalue weighted by Gasteiger charge is -2.28. The molecule has 0 amide bonds. The second kappa shape index (κ2) is 13.2. The molecule has 57 heavy (non-hydrogen) atoms. The molecule has 0 fully saturated rings. The summed E-state index contributed by atoms with van der Waals surface area (Å²) in [5, 5.41) is 5.27. The number of thiophene rings is 1. The Hall–Kier alpha value is -6.74. The average molecular weight is 746 g/mol. The highest BCUT2D eigenvalue weighted by molar-refractivity contribution is 7.26. The van der Waals surface area contributed by atoms with Crippen molar-refractivity contribution in [3.63, 3.8) is 0 Å². The minimum atomic E-state index is -0.0958. The lowest BCUT2D eigenvalue weighted by molar-refractivity contribution is 0.660. The van der Waals surface area contributed by atoms with Crippen molar-refractivity contribution in [1.29, 1.82) is 0 Å². The number of fused-ring (bicyclic) bond motifs is 8. The van der Waals surface area contributed by atoms with Crippen LogP contribution in [0.15, 0.2) is 200 Å². The van der Waals surface area contributed by atoms with Crippen LogP contribution < -0.4 is 4.90 Å². The van der Waals surface area contributed by atoms with Crippen molar-refractivity contribution in [2.75, 3.05) is 4.90 Å². The van der Waals surface area contributed by atoms with Crippen LogP contribution in [0.2, 0.25) is 0 Å². The van der Waals surface area contributed by atoms with Crippen LogP contribution in [0.1, 0.15) is 25.0 Å². The van der Waals surface area contributed by atoms with E-state index in [4.69, 9.17) is 0 Å². The summed E-state index contributed by atoms with van der Waals surface area (Å²) < 4.78 is 2.69. The standard InChI is InChI=1S/C55H39NS/c1-55(2)51-17-8-6-13-46(51)47-32-31-43(35-52(47)55)56(41-27-23-39(24-28-41)38-21-19-37(20-22-38)36-11-4-3-5-12-36)42-29-25-40(26-30-42)44-15-10-16-49-45(44)33-34-50-48-14-7-9-18-53(48)57-54(49)50/h3-35H,1-2H3. The van der Waals surface area contributed by atoms with E-state index in [9.17, 15) is 0 Å². The van der Waals surface area contributed by atoms with Gasteiger partial charge in [0.2, 0.25) is 0 Å². The lowest BCUT2D eigenvalue weighted by Crippen LogP contribution is -2.16.